The maximum absolute atomic E-state index is 12.0. The van der Waals surface area contributed by atoms with Gasteiger partial charge in [0.15, 0.2) is 5.96 Å². The van der Waals surface area contributed by atoms with Crippen LogP contribution in [0.3, 0.4) is 0 Å². The van der Waals surface area contributed by atoms with E-state index in [1.807, 2.05) is 20.0 Å². The van der Waals surface area contributed by atoms with E-state index in [1.54, 1.807) is 7.05 Å². The monoisotopic (exact) mass is 453 g/mol. The van der Waals surface area contributed by atoms with Crippen LogP contribution in [0.5, 0.6) is 0 Å². The van der Waals surface area contributed by atoms with Crippen LogP contribution in [-0.4, -0.2) is 44.5 Å². The summed E-state index contributed by atoms with van der Waals surface area (Å²) in [5.74, 6) is 1.55. The first-order valence-electron chi connectivity index (χ1n) is 7.97. The second kappa shape index (κ2) is 10.3. The van der Waals surface area contributed by atoms with Crippen LogP contribution in [0.2, 0.25) is 0 Å². The van der Waals surface area contributed by atoms with Crippen molar-refractivity contribution in [2.75, 3.05) is 12.8 Å². The zero-order valence-corrected chi connectivity index (χ0v) is 17.2. The Morgan fingerprint density at radius 1 is 1.52 bits per heavy atom. The maximum Gasteiger partial charge on any atom is 0.191 e. The molecule has 1 aliphatic rings. The van der Waals surface area contributed by atoms with Gasteiger partial charge in [-0.1, -0.05) is 13.3 Å². The summed E-state index contributed by atoms with van der Waals surface area (Å²) < 4.78 is 12.0. The molecule has 8 heteroatoms. The van der Waals surface area contributed by atoms with E-state index in [2.05, 4.69) is 25.8 Å². The highest BCUT2D eigenvalue weighted by Crippen LogP contribution is 2.22. The number of nitrogens with one attached hydrogen (secondary N) is 3. The number of H-pyrrole nitrogens is 1. The molecule has 0 aromatic carbocycles. The van der Waals surface area contributed by atoms with Gasteiger partial charge < -0.3 is 10.6 Å². The number of hydrogen-bond donors (Lipinski definition) is 3. The first-order chi connectivity index (χ1) is 10.6. The minimum atomic E-state index is -0.695. The molecule has 1 fully saturated rings. The van der Waals surface area contributed by atoms with Crippen molar-refractivity contribution in [3.05, 3.63) is 17.5 Å². The normalized spacial score (nSPS) is 23.0. The predicted molar refractivity (Wildman–Crippen MR) is 107 cm³/mol. The molecule has 6 nitrogen and oxygen atoms in total. The van der Waals surface area contributed by atoms with Gasteiger partial charge in [0.05, 0.1) is 6.20 Å². The average molecular weight is 453 g/mol. The van der Waals surface area contributed by atoms with Crippen molar-refractivity contribution in [3.63, 3.8) is 0 Å². The molecule has 3 unspecified atom stereocenters. The Balaban J connectivity index is 0.00000264. The van der Waals surface area contributed by atoms with Crippen LogP contribution in [-0.2, 0) is 17.3 Å². The summed E-state index contributed by atoms with van der Waals surface area (Å²) in [6, 6.07) is 0.353. The second-order valence-corrected chi connectivity index (χ2v) is 7.75. The summed E-state index contributed by atoms with van der Waals surface area (Å²) in [4.78, 5) is 4.29. The molecule has 0 aliphatic heterocycles. The molecule has 0 bridgehead atoms. The molecule has 3 atom stereocenters. The van der Waals surface area contributed by atoms with Gasteiger partial charge in [0, 0.05) is 52.7 Å². The minimum Gasteiger partial charge on any atom is -0.354 e. The van der Waals surface area contributed by atoms with E-state index < -0.39 is 10.8 Å². The number of hydrogen-bond acceptors (Lipinski definition) is 3. The average Bonchev–Trinajstić information content (AvgIpc) is 2.96. The molecule has 0 radical (unpaired) electrons. The van der Waals surface area contributed by atoms with Gasteiger partial charge in [0.25, 0.3) is 0 Å². The van der Waals surface area contributed by atoms with Crippen molar-refractivity contribution < 1.29 is 4.21 Å². The molecule has 1 aliphatic carbocycles. The van der Waals surface area contributed by atoms with Crippen molar-refractivity contribution in [3.8, 4) is 0 Å². The first kappa shape index (κ1) is 20.4. The smallest absolute Gasteiger partial charge is 0.191 e. The third kappa shape index (κ3) is 6.06. The van der Waals surface area contributed by atoms with Crippen molar-refractivity contribution in [1.29, 1.82) is 0 Å². The van der Waals surface area contributed by atoms with E-state index in [0.29, 0.717) is 17.8 Å². The van der Waals surface area contributed by atoms with Crippen LogP contribution in [0.15, 0.2) is 11.2 Å². The summed E-state index contributed by atoms with van der Waals surface area (Å²) in [5.41, 5.74) is 2.20. The molecule has 2 rings (SSSR count). The van der Waals surface area contributed by atoms with Gasteiger partial charge in [-0.05, 0) is 26.2 Å². The van der Waals surface area contributed by atoms with Crippen molar-refractivity contribution in [2.45, 2.75) is 57.4 Å². The lowest BCUT2D eigenvalue weighted by Gasteiger charge is -2.30. The molecule has 132 valence electrons. The van der Waals surface area contributed by atoms with E-state index in [4.69, 9.17) is 0 Å². The largest absolute Gasteiger partial charge is 0.354 e. The Morgan fingerprint density at radius 3 is 2.91 bits per heavy atom. The Labute approximate surface area is 158 Å². The highest BCUT2D eigenvalue weighted by molar-refractivity contribution is 14.0. The van der Waals surface area contributed by atoms with Gasteiger partial charge in [0.1, 0.15) is 0 Å². The molecule has 1 heterocycles. The number of aromatic amines is 1. The van der Waals surface area contributed by atoms with E-state index in [9.17, 15) is 4.21 Å². The fourth-order valence-electron chi connectivity index (χ4n) is 2.87. The van der Waals surface area contributed by atoms with Crippen LogP contribution in [0.1, 0.15) is 43.9 Å². The van der Waals surface area contributed by atoms with Gasteiger partial charge in [-0.15, -0.1) is 24.0 Å². The van der Waals surface area contributed by atoms with Gasteiger partial charge in [0.2, 0.25) is 0 Å². The lowest BCUT2D eigenvalue weighted by molar-refractivity contribution is 0.413. The van der Waals surface area contributed by atoms with Crippen LogP contribution >= 0.6 is 24.0 Å². The lowest BCUT2D eigenvalue weighted by atomic mass is 9.95. The fraction of sp³-hybridized carbons (Fsp3) is 0.733. The molecule has 1 aromatic heterocycles. The van der Waals surface area contributed by atoms with Gasteiger partial charge in [-0.3, -0.25) is 14.3 Å². The van der Waals surface area contributed by atoms with E-state index in [0.717, 1.165) is 48.7 Å². The number of halogens is 1. The highest BCUT2D eigenvalue weighted by atomic mass is 127. The Morgan fingerprint density at radius 2 is 2.30 bits per heavy atom. The second-order valence-electron chi connectivity index (χ2n) is 5.75. The predicted octanol–water partition coefficient (Wildman–Crippen LogP) is 2.08. The molecule has 0 amide bonds. The quantitative estimate of drug-likeness (QED) is 0.362. The zero-order chi connectivity index (χ0) is 15.9. The van der Waals surface area contributed by atoms with Gasteiger partial charge in [-0.2, -0.15) is 5.10 Å². The third-order valence-electron chi connectivity index (χ3n) is 4.23. The van der Waals surface area contributed by atoms with E-state index in [-0.39, 0.29) is 24.0 Å². The number of guanidine groups is 1. The number of aromatic nitrogens is 2. The van der Waals surface area contributed by atoms with Crippen molar-refractivity contribution >= 4 is 40.7 Å². The van der Waals surface area contributed by atoms with E-state index >= 15 is 0 Å². The Kier molecular flexibility index (Phi) is 9.11. The SMILES string of the molecule is CCS(=O)C1CCCC(NC(=NC)NCc2cn[nH]c2C)C1.I. The maximum atomic E-state index is 12.0. The highest BCUT2D eigenvalue weighted by Gasteiger charge is 2.26. The molecular formula is C15H28IN5OS. The topological polar surface area (TPSA) is 82.2 Å². The fourth-order valence-corrected chi connectivity index (χ4v) is 4.22. The van der Waals surface area contributed by atoms with Crippen molar-refractivity contribution in [2.24, 2.45) is 4.99 Å². The minimum absolute atomic E-state index is 0. The Bertz CT molecular complexity index is 534. The van der Waals surface area contributed by atoms with Gasteiger partial charge >= 0.3 is 0 Å². The summed E-state index contributed by atoms with van der Waals surface area (Å²) >= 11 is 0. The molecule has 1 aromatic rings. The van der Waals surface area contributed by atoms with Crippen LogP contribution in [0, 0.1) is 6.92 Å². The molecule has 1 saturated carbocycles. The van der Waals surface area contributed by atoms with Crippen LogP contribution in [0.4, 0.5) is 0 Å². The Hall–Kier alpha value is -0.640. The standard InChI is InChI=1S/C15H27N5OS.HI/c1-4-22(21)14-7-5-6-13(8-14)19-15(16-3)17-9-12-10-18-20-11(12)2;/h10,13-14H,4-9H2,1-3H3,(H,18,20)(H2,16,17,19);1H. The molecule has 0 saturated heterocycles. The summed E-state index contributed by atoms with van der Waals surface area (Å²) in [5, 5.41) is 14.1. The molecule has 3 N–H and O–H groups in total. The number of aryl methyl sites for hydroxylation is 1. The zero-order valence-electron chi connectivity index (χ0n) is 14.1. The lowest BCUT2D eigenvalue weighted by Crippen LogP contribution is -2.46. The summed E-state index contributed by atoms with van der Waals surface area (Å²) in [6.07, 6.45) is 6.12. The number of rotatable bonds is 5. The summed E-state index contributed by atoms with van der Waals surface area (Å²) in [7, 11) is 1.09. The van der Waals surface area contributed by atoms with Crippen LogP contribution in [0.25, 0.3) is 0 Å². The van der Waals surface area contributed by atoms with Gasteiger partial charge in [-0.25, -0.2) is 0 Å². The van der Waals surface area contributed by atoms with E-state index in [1.165, 1.54) is 0 Å². The third-order valence-corrected chi connectivity index (χ3v) is 5.97. The molecule has 23 heavy (non-hydrogen) atoms. The number of nitrogens with zero attached hydrogens (tertiary/aromatic N) is 2. The number of aliphatic imine (C=N–C) groups is 1. The van der Waals surface area contributed by atoms with Crippen molar-refractivity contribution in [1.82, 2.24) is 20.8 Å². The van der Waals surface area contributed by atoms with Crippen LogP contribution < -0.4 is 10.6 Å². The first-order valence-corrected chi connectivity index (χ1v) is 9.35. The molecule has 0 spiro atoms. The molecular weight excluding hydrogens is 425 g/mol. The summed E-state index contributed by atoms with van der Waals surface area (Å²) in [6.45, 7) is 4.70.